The molecule has 0 aromatic rings. The van der Waals surface area contributed by atoms with E-state index < -0.39 is 0 Å². The van der Waals surface area contributed by atoms with Crippen LogP contribution in [0, 0.1) is 11.8 Å². The summed E-state index contributed by atoms with van der Waals surface area (Å²) in [6.07, 6.45) is 10.1. The minimum atomic E-state index is 0.0623. The number of hydrogen-bond acceptors (Lipinski definition) is 2. The van der Waals surface area contributed by atoms with Crippen LogP contribution in [0.5, 0.6) is 0 Å². The first kappa shape index (κ1) is 13.9. The van der Waals surface area contributed by atoms with Crippen molar-refractivity contribution in [3.63, 3.8) is 0 Å². The number of piperidine rings is 1. The van der Waals surface area contributed by atoms with Crippen LogP contribution in [0.2, 0.25) is 0 Å². The monoisotopic (exact) mass is 252 g/mol. The highest BCUT2D eigenvalue weighted by atomic mass is 16.2. The van der Waals surface area contributed by atoms with Crippen molar-refractivity contribution in [1.29, 1.82) is 0 Å². The molecule has 0 aromatic heterocycles. The smallest absolute Gasteiger partial charge is 0.237 e. The third kappa shape index (κ3) is 3.98. The van der Waals surface area contributed by atoms with Gasteiger partial charge in [0.25, 0.3) is 0 Å². The fourth-order valence-corrected chi connectivity index (χ4v) is 3.33. The van der Waals surface area contributed by atoms with Crippen molar-refractivity contribution >= 4 is 5.91 Å². The van der Waals surface area contributed by atoms with Crippen molar-refractivity contribution in [2.24, 2.45) is 11.8 Å². The Morgan fingerprint density at radius 1 is 1.17 bits per heavy atom. The molecule has 0 bridgehead atoms. The highest BCUT2D eigenvalue weighted by molar-refractivity contribution is 5.81. The third-order valence-electron chi connectivity index (χ3n) is 4.70. The van der Waals surface area contributed by atoms with E-state index in [1.54, 1.807) is 0 Å². The molecule has 1 saturated heterocycles. The second kappa shape index (κ2) is 7.13. The van der Waals surface area contributed by atoms with Crippen LogP contribution in [0.1, 0.15) is 58.3 Å². The molecule has 2 rings (SSSR count). The van der Waals surface area contributed by atoms with Crippen molar-refractivity contribution in [3.05, 3.63) is 0 Å². The molecule has 1 heterocycles. The zero-order valence-corrected chi connectivity index (χ0v) is 11.7. The minimum absolute atomic E-state index is 0.0623. The zero-order valence-electron chi connectivity index (χ0n) is 11.7. The van der Waals surface area contributed by atoms with Crippen molar-refractivity contribution in [2.75, 3.05) is 13.1 Å². The van der Waals surface area contributed by atoms with E-state index in [1.807, 2.05) is 0 Å². The van der Waals surface area contributed by atoms with Gasteiger partial charge in [-0.1, -0.05) is 32.6 Å². The van der Waals surface area contributed by atoms with Crippen LogP contribution in [-0.2, 0) is 4.79 Å². The summed E-state index contributed by atoms with van der Waals surface area (Å²) in [6.45, 7) is 4.13. The quantitative estimate of drug-likeness (QED) is 0.807. The van der Waals surface area contributed by atoms with Gasteiger partial charge < -0.3 is 10.6 Å². The lowest BCUT2D eigenvalue weighted by Crippen LogP contribution is -2.49. The SMILES string of the molecule is CCC1CCNC(C(=O)NCC2CCCCC2)C1. The fourth-order valence-electron chi connectivity index (χ4n) is 3.33. The standard InChI is InChI=1S/C15H28N2O/c1-2-12-8-9-16-14(10-12)15(18)17-11-13-6-4-3-5-7-13/h12-14,16H,2-11H2,1H3,(H,17,18). The lowest BCUT2D eigenvalue weighted by Gasteiger charge is -2.29. The highest BCUT2D eigenvalue weighted by Crippen LogP contribution is 2.23. The van der Waals surface area contributed by atoms with Crippen molar-refractivity contribution in [3.8, 4) is 0 Å². The van der Waals surface area contributed by atoms with Gasteiger partial charge in [0.05, 0.1) is 6.04 Å². The molecule has 1 saturated carbocycles. The number of nitrogens with one attached hydrogen (secondary N) is 2. The first-order valence-corrected chi connectivity index (χ1v) is 7.80. The maximum Gasteiger partial charge on any atom is 0.237 e. The van der Waals surface area contributed by atoms with Gasteiger partial charge in [-0.25, -0.2) is 0 Å². The van der Waals surface area contributed by atoms with E-state index in [0.717, 1.165) is 31.3 Å². The van der Waals surface area contributed by atoms with Gasteiger partial charge in [-0.15, -0.1) is 0 Å². The van der Waals surface area contributed by atoms with Gasteiger partial charge in [0.1, 0.15) is 0 Å². The second-order valence-electron chi connectivity index (χ2n) is 6.05. The molecule has 104 valence electrons. The molecule has 3 heteroatoms. The van der Waals surface area contributed by atoms with E-state index in [4.69, 9.17) is 0 Å². The normalized spacial score (nSPS) is 30.1. The first-order chi connectivity index (χ1) is 8.79. The molecular formula is C15H28N2O. The second-order valence-corrected chi connectivity index (χ2v) is 6.05. The van der Waals surface area contributed by atoms with Gasteiger partial charge in [-0.2, -0.15) is 0 Å². The van der Waals surface area contributed by atoms with Crippen LogP contribution in [-0.4, -0.2) is 25.0 Å². The van der Waals surface area contributed by atoms with Gasteiger partial charge in [-0.05, 0) is 44.1 Å². The van der Waals surface area contributed by atoms with Crippen LogP contribution in [0.3, 0.4) is 0 Å². The molecule has 2 atom stereocenters. The topological polar surface area (TPSA) is 41.1 Å². The fraction of sp³-hybridized carbons (Fsp3) is 0.933. The number of carbonyl (C=O) groups is 1. The molecule has 1 aliphatic carbocycles. The average Bonchev–Trinajstić information content (AvgIpc) is 2.46. The van der Waals surface area contributed by atoms with E-state index >= 15 is 0 Å². The molecule has 2 aliphatic rings. The van der Waals surface area contributed by atoms with Crippen LogP contribution in [0.4, 0.5) is 0 Å². The number of amides is 1. The van der Waals surface area contributed by atoms with Crippen molar-refractivity contribution in [1.82, 2.24) is 10.6 Å². The van der Waals surface area contributed by atoms with E-state index in [9.17, 15) is 4.79 Å². The van der Waals surface area contributed by atoms with E-state index in [0.29, 0.717) is 0 Å². The maximum atomic E-state index is 12.1. The Labute approximate surface area is 111 Å². The Morgan fingerprint density at radius 3 is 2.67 bits per heavy atom. The Morgan fingerprint density at radius 2 is 1.94 bits per heavy atom. The summed E-state index contributed by atoms with van der Waals surface area (Å²) in [6, 6.07) is 0.0623. The molecule has 2 fully saturated rings. The van der Waals surface area contributed by atoms with Crippen LogP contribution in [0.25, 0.3) is 0 Å². The summed E-state index contributed by atoms with van der Waals surface area (Å²) in [5.41, 5.74) is 0. The summed E-state index contributed by atoms with van der Waals surface area (Å²) in [5, 5.41) is 6.52. The molecule has 1 aliphatic heterocycles. The maximum absolute atomic E-state index is 12.1. The lowest BCUT2D eigenvalue weighted by atomic mass is 9.88. The Hall–Kier alpha value is -0.570. The predicted molar refractivity (Wildman–Crippen MR) is 74.4 cm³/mol. The highest BCUT2D eigenvalue weighted by Gasteiger charge is 2.26. The van der Waals surface area contributed by atoms with E-state index in [1.165, 1.54) is 44.9 Å². The van der Waals surface area contributed by atoms with Gasteiger partial charge in [-0.3, -0.25) is 4.79 Å². The van der Waals surface area contributed by atoms with Crippen LogP contribution < -0.4 is 10.6 Å². The van der Waals surface area contributed by atoms with E-state index in [-0.39, 0.29) is 11.9 Å². The predicted octanol–water partition coefficient (Wildman–Crippen LogP) is 2.46. The summed E-state index contributed by atoms with van der Waals surface area (Å²) in [4.78, 5) is 12.1. The van der Waals surface area contributed by atoms with Crippen LogP contribution in [0.15, 0.2) is 0 Å². The average molecular weight is 252 g/mol. The molecule has 2 unspecified atom stereocenters. The summed E-state index contributed by atoms with van der Waals surface area (Å²) in [7, 11) is 0. The van der Waals surface area contributed by atoms with Gasteiger partial charge in [0, 0.05) is 6.54 Å². The Bertz CT molecular complexity index is 261. The minimum Gasteiger partial charge on any atom is -0.354 e. The molecule has 3 nitrogen and oxygen atoms in total. The van der Waals surface area contributed by atoms with Gasteiger partial charge in [0.15, 0.2) is 0 Å². The number of carbonyl (C=O) groups excluding carboxylic acids is 1. The molecule has 0 radical (unpaired) electrons. The molecular weight excluding hydrogens is 224 g/mol. The summed E-state index contributed by atoms with van der Waals surface area (Å²) in [5.74, 6) is 1.70. The Kier molecular flexibility index (Phi) is 5.48. The molecule has 0 aromatic carbocycles. The molecule has 0 spiro atoms. The van der Waals surface area contributed by atoms with Crippen molar-refractivity contribution in [2.45, 2.75) is 64.3 Å². The number of hydrogen-bond donors (Lipinski definition) is 2. The molecule has 18 heavy (non-hydrogen) atoms. The largest absolute Gasteiger partial charge is 0.354 e. The third-order valence-corrected chi connectivity index (χ3v) is 4.70. The van der Waals surface area contributed by atoms with Crippen LogP contribution >= 0.6 is 0 Å². The lowest BCUT2D eigenvalue weighted by molar-refractivity contribution is -0.124. The molecule has 2 N–H and O–H groups in total. The van der Waals surface area contributed by atoms with Crippen molar-refractivity contribution < 1.29 is 4.79 Å². The van der Waals surface area contributed by atoms with Gasteiger partial charge in [0.2, 0.25) is 5.91 Å². The van der Waals surface area contributed by atoms with Gasteiger partial charge >= 0.3 is 0 Å². The summed E-state index contributed by atoms with van der Waals surface area (Å²) >= 11 is 0. The molecule has 1 amide bonds. The zero-order chi connectivity index (χ0) is 12.8. The first-order valence-electron chi connectivity index (χ1n) is 7.80. The summed E-state index contributed by atoms with van der Waals surface area (Å²) < 4.78 is 0. The number of rotatable bonds is 4. The van der Waals surface area contributed by atoms with E-state index in [2.05, 4.69) is 17.6 Å². The Balaban J connectivity index is 1.70.